The summed E-state index contributed by atoms with van der Waals surface area (Å²) in [4.78, 5) is 12.6. The van der Waals surface area contributed by atoms with Crippen molar-refractivity contribution in [1.29, 1.82) is 0 Å². The molecule has 1 saturated carbocycles. The van der Waals surface area contributed by atoms with Crippen LogP contribution in [0, 0.1) is 5.92 Å². The van der Waals surface area contributed by atoms with Crippen molar-refractivity contribution >= 4 is 15.9 Å². The molecule has 0 radical (unpaired) electrons. The van der Waals surface area contributed by atoms with Crippen LogP contribution in [0.4, 0.5) is 13.2 Å². The molecule has 0 spiro atoms. The van der Waals surface area contributed by atoms with Crippen LogP contribution in [0.1, 0.15) is 41.9 Å². The maximum Gasteiger partial charge on any atom is 0.416 e. The van der Waals surface area contributed by atoms with Gasteiger partial charge in [0.15, 0.2) is 0 Å². The quantitative estimate of drug-likeness (QED) is 0.723. The molecule has 1 heterocycles. The summed E-state index contributed by atoms with van der Waals surface area (Å²) >= 11 is 0. The third-order valence-electron chi connectivity index (χ3n) is 5.89. The van der Waals surface area contributed by atoms with E-state index in [4.69, 9.17) is 0 Å². The van der Waals surface area contributed by atoms with Crippen LogP contribution < -0.4 is 5.32 Å². The average molecular weight is 452 g/mol. The van der Waals surface area contributed by atoms with E-state index >= 15 is 0 Å². The van der Waals surface area contributed by atoms with Crippen molar-refractivity contribution in [3.63, 3.8) is 0 Å². The maximum absolute atomic E-state index is 13.2. The molecule has 9 heteroatoms. The summed E-state index contributed by atoms with van der Waals surface area (Å²) < 4.78 is 66.2. The van der Waals surface area contributed by atoms with Crippen molar-refractivity contribution in [2.45, 2.75) is 42.8 Å². The van der Waals surface area contributed by atoms with Crippen molar-refractivity contribution in [1.82, 2.24) is 9.62 Å². The summed E-state index contributed by atoms with van der Waals surface area (Å²) in [6.07, 6.45) is -2.35. The molecule has 2 unspecified atom stereocenters. The first-order valence-corrected chi connectivity index (χ1v) is 11.6. The van der Waals surface area contributed by atoms with Gasteiger partial charge in [-0.3, -0.25) is 4.79 Å². The summed E-state index contributed by atoms with van der Waals surface area (Å²) in [7, 11) is -3.49. The fraction of sp³-hybridized carbons (Fsp3) is 0.409. The summed E-state index contributed by atoms with van der Waals surface area (Å²) in [5, 5.41) is 2.75. The number of alkyl halides is 3. The van der Waals surface area contributed by atoms with Gasteiger partial charge in [0.25, 0.3) is 0 Å². The van der Waals surface area contributed by atoms with Gasteiger partial charge in [-0.15, -0.1) is 0 Å². The van der Waals surface area contributed by atoms with Crippen LogP contribution in [0.25, 0.3) is 0 Å². The minimum Gasteiger partial charge on any atom is -0.352 e. The Labute approximate surface area is 179 Å². The number of sulfonamides is 1. The molecule has 0 bridgehead atoms. The predicted octanol–water partition coefficient (Wildman–Crippen LogP) is 3.91. The second-order valence-electron chi connectivity index (χ2n) is 8.01. The lowest BCUT2D eigenvalue weighted by atomic mass is 10.0. The zero-order chi connectivity index (χ0) is 22.2. The van der Waals surface area contributed by atoms with Gasteiger partial charge in [0.05, 0.1) is 10.5 Å². The second kappa shape index (κ2) is 8.27. The van der Waals surface area contributed by atoms with Crippen LogP contribution >= 0.6 is 0 Å². The number of hydrogen-bond donors (Lipinski definition) is 1. The smallest absolute Gasteiger partial charge is 0.352 e. The largest absolute Gasteiger partial charge is 0.416 e. The number of halogens is 3. The molecule has 2 aromatic carbocycles. The van der Waals surface area contributed by atoms with Crippen LogP contribution in [0.5, 0.6) is 0 Å². The first-order valence-electron chi connectivity index (χ1n) is 10.2. The van der Waals surface area contributed by atoms with Crippen molar-refractivity contribution in [2.24, 2.45) is 5.92 Å². The molecule has 1 aliphatic carbocycles. The number of carbonyl (C=O) groups is 1. The maximum atomic E-state index is 13.2. The van der Waals surface area contributed by atoms with Crippen LogP contribution in [0.3, 0.4) is 0 Å². The molecule has 1 amide bonds. The summed E-state index contributed by atoms with van der Waals surface area (Å²) in [6, 6.07) is 11.7. The molecular weight excluding hydrogens is 429 g/mol. The first kappa shape index (κ1) is 21.8. The van der Waals surface area contributed by atoms with Crippen molar-refractivity contribution < 1.29 is 26.4 Å². The highest BCUT2D eigenvalue weighted by molar-refractivity contribution is 7.89. The highest BCUT2D eigenvalue weighted by Gasteiger charge is 2.47. The fourth-order valence-electron chi connectivity index (χ4n) is 4.08. The van der Waals surface area contributed by atoms with E-state index in [0.717, 1.165) is 24.5 Å². The summed E-state index contributed by atoms with van der Waals surface area (Å²) in [5.74, 6) is -1.22. The molecule has 1 aliphatic heterocycles. The number of hydrogen-bond acceptors (Lipinski definition) is 3. The molecule has 2 atom stereocenters. The lowest BCUT2D eigenvalue weighted by Gasteiger charge is -2.15. The van der Waals surface area contributed by atoms with E-state index in [1.807, 2.05) is 0 Å². The van der Waals surface area contributed by atoms with Crippen molar-refractivity contribution in [2.75, 3.05) is 13.1 Å². The Kier molecular flexibility index (Phi) is 5.83. The van der Waals surface area contributed by atoms with Gasteiger partial charge in [-0.25, -0.2) is 8.42 Å². The van der Waals surface area contributed by atoms with Crippen LogP contribution in [-0.2, 0) is 27.5 Å². The van der Waals surface area contributed by atoms with Crippen molar-refractivity contribution in [3.05, 3.63) is 65.2 Å². The van der Waals surface area contributed by atoms with E-state index in [9.17, 15) is 26.4 Å². The molecule has 2 aliphatic rings. The number of carbonyl (C=O) groups excluding carboxylic acids is 1. The van der Waals surface area contributed by atoms with Gasteiger partial charge >= 0.3 is 6.18 Å². The van der Waals surface area contributed by atoms with Crippen LogP contribution in [0.2, 0.25) is 0 Å². The molecule has 1 saturated heterocycles. The second-order valence-corrected chi connectivity index (χ2v) is 9.94. The fourth-order valence-corrected chi connectivity index (χ4v) is 5.60. The molecule has 166 valence electrons. The molecule has 0 aromatic heterocycles. The van der Waals surface area contributed by atoms with Gasteiger partial charge in [-0.2, -0.15) is 17.5 Å². The molecular formula is C22H23F3N2O3S. The number of nitrogens with zero attached hydrogens (tertiary/aromatic N) is 1. The highest BCUT2D eigenvalue weighted by Crippen LogP contribution is 2.51. The molecule has 4 rings (SSSR count). The van der Waals surface area contributed by atoms with E-state index in [1.165, 1.54) is 28.6 Å². The van der Waals surface area contributed by atoms with Gasteiger partial charge in [-0.1, -0.05) is 30.3 Å². The Morgan fingerprint density at radius 1 is 1.03 bits per heavy atom. The number of rotatable bonds is 6. The SMILES string of the molecule is O=C(NCc1ccc(S(=O)(=O)N2CCCC2)cc1)C1CC1c1ccccc1C(F)(F)F. The van der Waals surface area contributed by atoms with Gasteiger partial charge in [0.2, 0.25) is 15.9 Å². The Morgan fingerprint density at radius 3 is 2.32 bits per heavy atom. The van der Waals surface area contributed by atoms with Gasteiger partial charge < -0.3 is 5.32 Å². The summed E-state index contributed by atoms with van der Waals surface area (Å²) in [6.45, 7) is 1.24. The van der Waals surface area contributed by atoms with Crippen LogP contribution in [0.15, 0.2) is 53.4 Å². The Hall–Kier alpha value is -2.39. The molecule has 2 fully saturated rings. The molecule has 5 nitrogen and oxygen atoms in total. The predicted molar refractivity (Wildman–Crippen MR) is 109 cm³/mol. The van der Waals surface area contributed by atoms with Crippen LogP contribution in [-0.4, -0.2) is 31.7 Å². The Bertz CT molecular complexity index is 1060. The van der Waals surface area contributed by atoms with Crippen molar-refractivity contribution in [3.8, 4) is 0 Å². The lowest BCUT2D eigenvalue weighted by molar-refractivity contribution is -0.138. The first-order chi connectivity index (χ1) is 14.7. The molecule has 2 aromatic rings. The number of benzene rings is 2. The lowest BCUT2D eigenvalue weighted by Crippen LogP contribution is -2.28. The molecule has 1 N–H and O–H groups in total. The zero-order valence-electron chi connectivity index (χ0n) is 16.7. The number of nitrogens with one attached hydrogen (secondary N) is 1. The Balaban J connectivity index is 1.35. The standard InChI is InChI=1S/C22H23F3N2O3S/c23-22(24,25)20-6-2-1-5-17(20)18-13-19(18)21(28)26-14-15-7-9-16(10-8-15)31(29,30)27-11-3-4-12-27/h1-2,5-10,18-19H,3-4,11-14H2,(H,26,28). The number of amides is 1. The summed E-state index contributed by atoms with van der Waals surface area (Å²) in [5.41, 5.74) is 0.193. The topological polar surface area (TPSA) is 66.5 Å². The van der Waals surface area contributed by atoms with E-state index in [2.05, 4.69) is 5.32 Å². The zero-order valence-corrected chi connectivity index (χ0v) is 17.5. The highest BCUT2D eigenvalue weighted by atomic mass is 32.2. The Morgan fingerprint density at radius 2 is 1.68 bits per heavy atom. The van der Waals surface area contributed by atoms with Gasteiger partial charge in [-0.05, 0) is 54.5 Å². The third kappa shape index (κ3) is 4.62. The van der Waals surface area contributed by atoms with E-state index in [-0.39, 0.29) is 22.9 Å². The average Bonchev–Trinajstić information content (AvgIpc) is 3.34. The molecule has 31 heavy (non-hydrogen) atoms. The van der Waals surface area contributed by atoms with E-state index in [0.29, 0.717) is 19.5 Å². The van der Waals surface area contributed by atoms with Gasteiger partial charge in [0, 0.05) is 25.6 Å². The third-order valence-corrected chi connectivity index (χ3v) is 7.80. The monoisotopic (exact) mass is 452 g/mol. The normalized spacial score (nSPS) is 21.8. The minimum atomic E-state index is -4.45. The minimum absolute atomic E-state index is 0.159. The van der Waals surface area contributed by atoms with E-state index in [1.54, 1.807) is 18.2 Å². The van der Waals surface area contributed by atoms with E-state index < -0.39 is 33.6 Å². The van der Waals surface area contributed by atoms with Gasteiger partial charge in [0.1, 0.15) is 0 Å².